The van der Waals surface area contributed by atoms with Crippen molar-refractivity contribution in [2.24, 2.45) is 0 Å². The van der Waals surface area contributed by atoms with Crippen LogP contribution in [0.1, 0.15) is 12.5 Å². The summed E-state index contributed by atoms with van der Waals surface area (Å²) in [6.07, 6.45) is -4.41. The number of aromatic nitrogens is 1. The molecule has 0 aliphatic carbocycles. The average molecular weight is 282 g/mol. The van der Waals surface area contributed by atoms with Crippen LogP contribution in [0.15, 0.2) is 12.1 Å². The summed E-state index contributed by atoms with van der Waals surface area (Å²) in [7, 11) is 1.92. The lowest BCUT2D eigenvalue weighted by molar-refractivity contribution is -0.137. The van der Waals surface area contributed by atoms with Gasteiger partial charge in [0.2, 0.25) is 0 Å². The van der Waals surface area contributed by atoms with Gasteiger partial charge in [0.1, 0.15) is 11.0 Å². The smallest absolute Gasteiger partial charge is 0.369 e. The Hall–Kier alpha value is -1.01. The van der Waals surface area contributed by atoms with E-state index >= 15 is 0 Å². The second-order valence-corrected chi connectivity index (χ2v) is 4.27. The van der Waals surface area contributed by atoms with Crippen molar-refractivity contribution < 1.29 is 13.2 Å². The minimum atomic E-state index is -4.41. The normalized spacial score (nSPS) is 11.9. The van der Waals surface area contributed by atoms with Crippen molar-refractivity contribution in [3.05, 3.63) is 22.8 Å². The van der Waals surface area contributed by atoms with Gasteiger partial charge in [0, 0.05) is 13.1 Å². The summed E-state index contributed by atoms with van der Waals surface area (Å²) >= 11 is 5.56. The van der Waals surface area contributed by atoms with Crippen molar-refractivity contribution in [1.82, 2.24) is 9.88 Å². The summed E-state index contributed by atoms with van der Waals surface area (Å²) in [5, 5.41) is 2.66. The average Bonchev–Trinajstić information content (AvgIpc) is 2.27. The molecule has 7 heteroatoms. The van der Waals surface area contributed by atoms with Gasteiger partial charge in [0.25, 0.3) is 0 Å². The van der Waals surface area contributed by atoms with Gasteiger partial charge in [-0.15, -0.1) is 0 Å². The molecule has 0 fully saturated rings. The van der Waals surface area contributed by atoms with E-state index < -0.39 is 11.7 Å². The number of hydrogen-bond donors (Lipinski definition) is 1. The predicted molar refractivity (Wildman–Crippen MR) is 65.9 cm³/mol. The second-order valence-electron chi connectivity index (χ2n) is 3.88. The fourth-order valence-electron chi connectivity index (χ4n) is 1.28. The van der Waals surface area contributed by atoms with Gasteiger partial charge in [-0.25, -0.2) is 4.98 Å². The minimum Gasteiger partial charge on any atom is -0.369 e. The van der Waals surface area contributed by atoms with Crippen LogP contribution in [0.5, 0.6) is 0 Å². The van der Waals surface area contributed by atoms with Crippen LogP contribution < -0.4 is 5.32 Å². The fraction of sp³-hybridized carbons (Fsp3) is 0.545. The Bertz CT molecular complexity index is 396. The first kappa shape index (κ1) is 15.0. The number of alkyl halides is 3. The highest BCUT2D eigenvalue weighted by Gasteiger charge is 2.31. The minimum absolute atomic E-state index is 0.138. The van der Waals surface area contributed by atoms with Crippen LogP contribution in [-0.2, 0) is 6.18 Å². The van der Waals surface area contributed by atoms with Crippen LogP contribution in [0.25, 0.3) is 0 Å². The molecule has 0 radical (unpaired) electrons. The van der Waals surface area contributed by atoms with Gasteiger partial charge in [-0.05, 0) is 25.7 Å². The Labute approximate surface area is 109 Å². The first-order valence-corrected chi connectivity index (χ1v) is 5.88. The molecule has 18 heavy (non-hydrogen) atoms. The van der Waals surface area contributed by atoms with Crippen molar-refractivity contribution in [2.45, 2.75) is 13.1 Å². The quantitative estimate of drug-likeness (QED) is 0.841. The van der Waals surface area contributed by atoms with E-state index in [2.05, 4.69) is 10.3 Å². The number of anilines is 1. The summed E-state index contributed by atoms with van der Waals surface area (Å²) in [6, 6.07) is 1.77. The predicted octanol–water partition coefficient (Wildman–Crippen LogP) is 3.12. The van der Waals surface area contributed by atoms with E-state index in [1.807, 2.05) is 18.9 Å². The molecule has 102 valence electrons. The molecule has 1 rings (SSSR count). The highest BCUT2D eigenvalue weighted by molar-refractivity contribution is 6.29. The Morgan fingerprint density at radius 1 is 1.39 bits per heavy atom. The molecular formula is C11H15ClF3N3. The van der Waals surface area contributed by atoms with Crippen molar-refractivity contribution in [3.8, 4) is 0 Å². The van der Waals surface area contributed by atoms with Crippen molar-refractivity contribution in [1.29, 1.82) is 0 Å². The molecule has 0 aliphatic rings. The number of halogens is 4. The monoisotopic (exact) mass is 281 g/mol. The zero-order valence-electron chi connectivity index (χ0n) is 10.2. The number of nitrogens with zero attached hydrogens (tertiary/aromatic N) is 2. The molecule has 0 unspecified atom stereocenters. The third-order valence-electron chi connectivity index (χ3n) is 2.46. The maximum Gasteiger partial charge on any atom is 0.416 e. The van der Waals surface area contributed by atoms with Gasteiger partial charge in [-0.1, -0.05) is 18.5 Å². The molecule has 0 amide bonds. The van der Waals surface area contributed by atoms with Crippen molar-refractivity contribution >= 4 is 17.4 Å². The highest BCUT2D eigenvalue weighted by Crippen LogP contribution is 2.31. The lowest BCUT2D eigenvalue weighted by atomic mass is 10.2. The SMILES string of the molecule is CCN(C)CCNc1cc(C(F)(F)F)cc(Cl)n1. The summed E-state index contributed by atoms with van der Waals surface area (Å²) in [5.41, 5.74) is -0.797. The van der Waals surface area contributed by atoms with Crippen molar-refractivity contribution in [2.75, 3.05) is 32.0 Å². The largest absolute Gasteiger partial charge is 0.416 e. The van der Waals surface area contributed by atoms with E-state index in [9.17, 15) is 13.2 Å². The van der Waals surface area contributed by atoms with Gasteiger partial charge in [0.15, 0.2) is 0 Å². The topological polar surface area (TPSA) is 28.2 Å². The zero-order chi connectivity index (χ0) is 13.8. The zero-order valence-corrected chi connectivity index (χ0v) is 10.9. The summed E-state index contributed by atoms with van der Waals surface area (Å²) < 4.78 is 37.6. The fourth-order valence-corrected chi connectivity index (χ4v) is 1.49. The van der Waals surface area contributed by atoms with Gasteiger partial charge in [-0.3, -0.25) is 0 Å². The summed E-state index contributed by atoms with van der Waals surface area (Å²) in [5.74, 6) is 0.138. The molecule has 0 aromatic carbocycles. The van der Waals surface area contributed by atoms with Gasteiger partial charge >= 0.3 is 6.18 Å². The molecule has 0 atom stereocenters. The van der Waals surface area contributed by atoms with Gasteiger partial charge < -0.3 is 10.2 Å². The molecule has 1 aromatic heterocycles. The van der Waals surface area contributed by atoms with Crippen LogP contribution in [0, 0.1) is 0 Å². The number of rotatable bonds is 5. The number of nitrogens with one attached hydrogen (secondary N) is 1. The van der Waals surface area contributed by atoms with E-state index in [1.54, 1.807) is 0 Å². The number of pyridine rings is 1. The Kier molecular flexibility index (Phi) is 5.22. The van der Waals surface area contributed by atoms with Gasteiger partial charge in [0.05, 0.1) is 5.56 Å². The molecular weight excluding hydrogens is 267 g/mol. The highest BCUT2D eigenvalue weighted by atomic mass is 35.5. The molecule has 0 saturated heterocycles. The van der Waals surface area contributed by atoms with Crippen LogP contribution in [-0.4, -0.2) is 36.6 Å². The maximum atomic E-state index is 12.5. The molecule has 3 nitrogen and oxygen atoms in total. The molecule has 1 N–H and O–H groups in total. The van der Waals surface area contributed by atoms with Crippen molar-refractivity contribution in [3.63, 3.8) is 0 Å². The second kappa shape index (κ2) is 6.24. The van der Waals surface area contributed by atoms with Crippen LogP contribution in [0.4, 0.5) is 19.0 Å². The number of hydrogen-bond acceptors (Lipinski definition) is 3. The van der Waals surface area contributed by atoms with Crippen LogP contribution in [0.2, 0.25) is 5.15 Å². The Morgan fingerprint density at radius 2 is 2.06 bits per heavy atom. The first-order valence-electron chi connectivity index (χ1n) is 5.50. The lowest BCUT2D eigenvalue weighted by Gasteiger charge is -2.15. The molecule has 0 saturated carbocycles. The molecule has 1 aromatic rings. The molecule has 0 spiro atoms. The van der Waals surface area contributed by atoms with E-state index in [0.29, 0.717) is 13.1 Å². The summed E-state index contributed by atoms with van der Waals surface area (Å²) in [4.78, 5) is 5.84. The third kappa shape index (κ3) is 4.70. The number of likely N-dealkylation sites (N-methyl/N-ethyl adjacent to an activating group) is 1. The van der Waals surface area contributed by atoms with E-state index in [-0.39, 0.29) is 11.0 Å². The Balaban J connectivity index is 2.69. The van der Waals surface area contributed by atoms with E-state index in [4.69, 9.17) is 11.6 Å². The van der Waals surface area contributed by atoms with Gasteiger partial charge in [-0.2, -0.15) is 13.2 Å². The van der Waals surface area contributed by atoms with Crippen LogP contribution in [0.3, 0.4) is 0 Å². The van der Waals surface area contributed by atoms with E-state index in [0.717, 1.165) is 18.7 Å². The standard InChI is InChI=1S/C11H15ClF3N3/c1-3-18(2)5-4-16-10-7-8(11(13,14)15)6-9(12)17-10/h6-7H,3-5H2,1-2H3,(H,16,17). The maximum absolute atomic E-state index is 12.5. The summed E-state index contributed by atoms with van der Waals surface area (Å²) in [6.45, 7) is 4.10. The Morgan fingerprint density at radius 3 is 2.61 bits per heavy atom. The first-order chi connectivity index (χ1) is 8.32. The lowest BCUT2D eigenvalue weighted by Crippen LogP contribution is -2.25. The van der Waals surface area contributed by atoms with E-state index in [1.165, 1.54) is 0 Å². The molecule has 1 heterocycles. The third-order valence-corrected chi connectivity index (χ3v) is 2.65. The molecule has 0 bridgehead atoms. The molecule has 0 aliphatic heterocycles. The van der Waals surface area contributed by atoms with Crippen LogP contribution >= 0.6 is 11.6 Å².